The van der Waals surface area contributed by atoms with Gasteiger partial charge in [0.15, 0.2) is 5.65 Å². The molecule has 0 radical (unpaired) electrons. The Kier molecular flexibility index (Phi) is 7.38. The zero-order valence-corrected chi connectivity index (χ0v) is 23.3. The molecule has 1 fully saturated rings. The van der Waals surface area contributed by atoms with Gasteiger partial charge >= 0.3 is 6.18 Å². The molecule has 5 rings (SSSR count). The second-order valence-corrected chi connectivity index (χ2v) is 12.3. The van der Waals surface area contributed by atoms with Gasteiger partial charge in [-0.15, -0.1) is 0 Å². The molecule has 0 bridgehead atoms. The highest BCUT2D eigenvalue weighted by atomic mass is 79.9. The lowest BCUT2D eigenvalue weighted by Crippen LogP contribution is -2.42. The minimum absolute atomic E-state index is 0.0998. The van der Waals surface area contributed by atoms with Crippen LogP contribution in [0, 0.1) is 0 Å². The highest BCUT2D eigenvalue weighted by molar-refractivity contribution is 9.10. The second-order valence-electron chi connectivity index (χ2n) is 8.70. The van der Waals surface area contributed by atoms with Crippen molar-refractivity contribution in [2.24, 2.45) is 0 Å². The van der Waals surface area contributed by atoms with Crippen LogP contribution in [0.2, 0.25) is 10.0 Å². The summed E-state index contributed by atoms with van der Waals surface area (Å²) in [6, 6.07) is 11.3. The molecule has 38 heavy (non-hydrogen) atoms. The van der Waals surface area contributed by atoms with E-state index in [1.165, 1.54) is 4.31 Å². The monoisotopic (exact) mass is 647 g/mol. The quantitative estimate of drug-likeness (QED) is 0.259. The fourth-order valence-electron chi connectivity index (χ4n) is 4.32. The number of hydrogen-bond donors (Lipinski definition) is 1. The lowest BCUT2D eigenvalue weighted by molar-refractivity contribution is -0.137. The minimum atomic E-state index is -4.62. The Labute approximate surface area is 234 Å². The van der Waals surface area contributed by atoms with Gasteiger partial charge in [0.25, 0.3) is 0 Å². The molecule has 0 unspecified atom stereocenters. The van der Waals surface area contributed by atoms with Crippen LogP contribution in [-0.2, 0) is 16.2 Å². The van der Waals surface area contributed by atoms with E-state index >= 15 is 0 Å². The van der Waals surface area contributed by atoms with E-state index in [-0.39, 0.29) is 24.0 Å². The normalized spacial score (nSPS) is 15.7. The maximum atomic E-state index is 13.1. The molecule has 0 atom stereocenters. The first-order valence-corrected chi connectivity index (χ1v) is 14.4. The van der Waals surface area contributed by atoms with Crippen LogP contribution in [0.3, 0.4) is 0 Å². The van der Waals surface area contributed by atoms with Crippen LogP contribution in [0.15, 0.2) is 64.1 Å². The number of nitrogens with one attached hydrogen (secondary N) is 1. The molecule has 200 valence electrons. The number of anilines is 1. The van der Waals surface area contributed by atoms with E-state index in [0.29, 0.717) is 45.6 Å². The lowest BCUT2D eigenvalue weighted by Gasteiger charge is -2.32. The first-order valence-electron chi connectivity index (χ1n) is 11.4. The molecule has 1 aliphatic rings. The number of rotatable bonds is 5. The average molecular weight is 649 g/mol. The summed E-state index contributed by atoms with van der Waals surface area (Å²) in [5, 5.41) is 7.90. The third-order valence-corrected chi connectivity index (χ3v) is 9.53. The first-order chi connectivity index (χ1) is 17.9. The molecular weight excluding hydrogens is 630 g/mol. The smallest absolute Gasteiger partial charge is 0.367 e. The minimum Gasteiger partial charge on any atom is -0.367 e. The summed E-state index contributed by atoms with van der Waals surface area (Å²) in [5.74, 6) is 0.655. The van der Waals surface area contributed by atoms with Crippen LogP contribution in [0.5, 0.6) is 0 Å². The molecule has 2 aromatic heterocycles. The van der Waals surface area contributed by atoms with Gasteiger partial charge in [-0.25, -0.2) is 13.4 Å². The number of piperidine rings is 1. The van der Waals surface area contributed by atoms with Gasteiger partial charge in [0.1, 0.15) is 10.7 Å². The molecule has 3 heterocycles. The van der Waals surface area contributed by atoms with Gasteiger partial charge in [-0.05, 0) is 53.0 Å². The van der Waals surface area contributed by atoms with Gasteiger partial charge in [0, 0.05) is 35.8 Å². The summed E-state index contributed by atoms with van der Waals surface area (Å²) in [6.45, 7) is 0.317. The van der Waals surface area contributed by atoms with Crippen LogP contribution < -0.4 is 5.32 Å². The predicted molar refractivity (Wildman–Crippen MR) is 143 cm³/mol. The fraction of sp³-hybridized carbons (Fsp3) is 0.250. The number of fused-ring (bicyclic) bond motifs is 1. The van der Waals surface area contributed by atoms with Crippen LogP contribution >= 0.6 is 39.1 Å². The van der Waals surface area contributed by atoms with Crippen molar-refractivity contribution < 1.29 is 21.6 Å². The molecule has 1 N–H and O–H groups in total. The van der Waals surface area contributed by atoms with E-state index in [1.54, 1.807) is 16.8 Å². The highest BCUT2D eigenvalue weighted by Gasteiger charge is 2.35. The van der Waals surface area contributed by atoms with Crippen molar-refractivity contribution in [3.63, 3.8) is 0 Å². The predicted octanol–water partition coefficient (Wildman–Crippen LogP) is 6.75. The number of nitrogens with zero attached hydrogens (tertiary/aromatic N) is 4. The Morgan fingerprint density at radius 3 is 2.39 bits per heavy atom. The van der Waals surface area contributed by atoms with Crippen molar-refractivity contribution in [3.8, 4) is 11.3 Å². The van der Waals surface area contributed by atoms with E-state index < -0.39 is 26.8 Å². The number of halogens is 6. The first kappa shape index (κ1) is 27.2. The Bertz CT molecular complexity index is 1620. The van der Waals surface area contributed by atoms with E-state index in [1.807, 2.05) is 24.3 Å². The number of aromatic nitrogens is 3. The zero-order valence-electron chi connectivity index (χ0n) is 19.4. The van der Waals surface area contributed by atoms with Crippen molar-refractivity contribution in [2.45, 2.75) is 30.0 Å². The summed E-state index contributed by atoms with van der Waals surface area (Å²) in [7, 11) is -4.07. The molecular formula is C24H19BrCl2F3N5O2S. The molecule has 0 saturated carbocycles. The van der Waals surface area contributed by atoms with Gasteiger partial charge in [-0.1, -0.05) is 41.4 Å². The van der Waals surface area contributed by atoms with E-state index in [0.717, 1.165) is 17.7 Å². The standard InChI is InChI=1S/C24H19BrCl2F3N5O2S/c25-17-13-31-35-22(12-20(33-23(17)35)16-3-1-2-4-18(16)26)32-15-7-9-34(10-8-15)38(36,37)21-6-5-14(11-19(21)27)24(28,29)30/h1-6,11-13,15,32H,7-10H2. The molecule has 1 saturated heterocycles. The van der Waals surface area contributed by atoms with Gasteiger partial charge < -0.3 is 5.32 Å². The second kappa shape index (κ2) is 10.3. The number of sulfonamides is 1. The molecule has 14 heteroatoms. The summed E-state index contributed by atoms with van der Waals surface area (Å²) >= 11 is 15.8. The summed E-state index contributed by atoms with van der Waals surface area (Å²) in [6.07, 6.45) is -2.09. The fourth-order valence-corrected chi connectivity index (χ4v) is 6.89. The van der Waals surface area contributed by atoms with E-state index in [4.69, 9.17) is 23.2 Å². The average Bonchev–Trinajstić information content (AvgIpc) is 3.25. The molecule has 2 aromatic carbocycles. The maximum Gasteiger partial charge on any atom is 0.416 e. The Balaban J connectivity index is 1.35. The third-order valence-electron chi connectivity index (χ3n) is 6.26. The largest absolute Gasteiger partial charge is 0.416 e. The van der Waals surface area contributed by atoms with Crippen LogP contribution in [0.25, 0.3) is 16.9 Å². The lowest BCUT2D eigenvalue weighted by atomic mass is 10.1. The van der Waals surface area contributed by atoms with E-state index in [2.05, 4.69) is 31.3 Å². The summed E-state index contributed by atoms with van der Waals surface area (Å²) < 4.78 is 68.8. The molecule has 1 aliphatic heterocycles. The SMILES string of the molecule is O=S(=O)(c1ccc(C(F)(F)F)cc1Cl)N1CCC(Nc2cc(-c3ccccc3Cl)nc3c(Br)cnn23)CC1. The van der Waals surface area contributed by atoms with E-state index in [9.17, 15) is 21.6 Å². The third kappa shape index (κ3) is 5.24. The zero-order chi connectivity index (χ0) is 27.2. The molecule has 0 aliphatic carbocycles. The van der Waals surface area contributed by atoms with Crippen molar-refractivity contribution in [1.29, 1.82) is 0 Å². The van der Waals surface area contributed by atoms with Gasteiger partial charge in [0.2, 0.25) is 10.0 Å². The topological polar surface area (TPSA) is 79.6 Å². The number of hydrogen-bond acceptors (Lipinski definition) is 5. The van der Waals surface area contributed by atoms with Crippen molar-refractivity contribution >= 4 is 60.6 Å². The van der Waals surface area contributed by atoms with Crippen molar-refractivity contribution in [3.05, 3.63) is 74.8 Å². The maximum absolute atomic E-state index is 13.1. The summed E-state index contributed by atoms with van der Waals surface area (Å²) in [5.41, 5.74) is 0.974. The Morgan fingerprint density at radius 1 is 1.03 bits per heavy atom. The van der Waals surface area contributed by atoms with Gasteiger partial charge in [-0.3, -0.25) is 0 Å². The molecule has 0 amide bonds. The van der Waals surface area contributed by atoms with Crippen LogP contribution in [0.4, 0.5) is 19.0 Å². The van der Waals surface area contributed by atoms with Crippen molar-refractivity contribution in [2.75, 3.05) is 18.4 Å². The number of benzene rings is 2. The number of alkyl halides is 3. The molecule has 0 spiro atoms. The van der Waals surface area contributed by atoms with Crippen LogP contribution in [-0.4, -0.2) is 46.5 Å². The summed E-state index contributed by atoms with van der Waals surface area (Å²) in [4.78, 5) is 4.34. The van der Waals surface area contributed by atoms with Gasteiger partial charge in [0.05, 0.1) is 26.9 Å². The van der Waals surface area contributed by atoms with Crippen LogP contribution in [0.1, 0.15) is 18.4 Å². The molecule has 4 aromatic rings. The van der Waals surface area contributed by atoms with Gasteiger partial charge in [-0.2, -0.15) is 27.1 Å². The highest BCUT2D eigenvalue weighted by Crippen LogP contribution is 2.35. The Morgan fingerprint density at radius 2 is 1.74 bits per heavy atom. The molecule has 7 nitrogen and oxygen atoms in total. The Hall–Kier alpha value is -2.38. The van der Waals surface area contributed by atoms with Crippen molar-refractivity contribution in [1.82, 2.24) is 18.9 Å².